The summed E-state index contributed by atoms with van der Waals surface area (Å²) in [6.45, 7) is 5.33. The number of ether oxygens (including phenoxy) is 1. The average Bonchev–Trinajstić information content (AvgIpc) is 2.18. The third-order valence-corrected chi connectivity index (χ3v) is 3.05. The van der Waals surface area contributed by atoms with Crippen LogP contribution in [0.4, 0.5) is 0 Å². The molecule has 0 radical (unpaired) electrons. The van der Waals surface area contributed by atoms with Gasteiger partial charge in [-0.25, -0.2) is 0 Å². The summed E-state index contributed by atoms with van der Waals surface area (Å²) in [6, 6.07) is 0. The van der Waals surface area contributed by atoms with Crippen LogP contribution >= 0.6 is 0 Å². The van der Waals surface area contributed by atoms with Crippen molar-refractivity contribution in [3.63, 3.8) is 0 Å². The van der Waals surface area contributed by atoms with Crippen molar-refractivity contribution in [1.29, 1.82) is 0 Å². The molecule has 1 fully saturated rings. The van der Waals surface area contributed by atoms with Crippen molar-refractivity contribution in [2.24, 2.45) is 11.7 Å². The number of rotatable bonds is 4. The number of carbonyl (C=O) groups excluding carboxylic acids is 1. The van der Waals surface area contributed by atoms with Gasteiger partial charge in [-0.3, -0.25) is 4.79 Å². The highest BCUT2D eigenvalue weighted by atomic mass is 16.5. The van der Waals surface area contributed by atoms with Gasteiger partial charge in [0.1, 0.15) is 0 Å². The predicted octanol–water partition coefficient (Wildman–Crippen LogP) is 1.50. The average molecular weight is 199 g/mol. The first-order valence-corrected chi connectivity index (χ1v) is 5.51. The highest BCUT2D eigenvalue weighted by Gasteiger charge is 2.37. The molecule has 3 nitrogen and oxygen atoms in total. The zero-order chi connectivity index (χ0) is 10.6. The fourth-order valence-corrected chi connectivity index (χ4v) is 2.04. The minimum atomic E-state index is -0.604. The monoisotopic (exact) mass is 199 g/mol. The van der Waals surface area contributed by atoms with Crippen molar-refractivity contribution in [3.05, 3.63) is 0 Å². The van der Waals surface area contributed by atoms with Crippen LogP contribution in [0.25, 0.3) is 0 Å². The summed E-state index contributed by atoms with van der Waals surface area (Å²) in [4.78, 5) is 12.0. The molecule has 0 aromatic heterocycles. The van der Waals surface area contributed by atoms with Gasteiger partial charge < -0.3 is 10.5 Å². The molecule has 14 heavy (non-hydrogen) atoms. The van der Waals surface area contributed by atoms with Gasteiger partial charge in [0.2, 0.25) is 0 Å². The van der Waals surface area contributed by atoms with Crippen LogP contribution in [0.3, 0.4) is 0 Å². The van der Waals surface area contributed by atoms with Crippen molar-refractivity contribution >= 4 is 5.78 Å². The molecule has 0 saturated carbocycles. The lowest BCUT2D eigenvalue weighted by atomic mass is 9.80. The third-order valence-electron chi connectivity index (χ3n) is 3.05. The van der Waals surface area contributed by atoms with Crippen LogP contribution in [0.5, 0.6) is 0 Å². The summed E-state index contributed by atoms with van der Waals surface area (Å²) < 4.78 is 5.22. The van der Waals surface area contributed by atoms with Gasteiger partial charge in [-0.1, -0.05) is 20.3 Å². The third kappa shape index (κ3) is 2.55. The molecule has 0 aromatic carbocycles. The SMILES string of the molecule is CCCC(C)C(=O)C1(N)CCOCC1. The number of nitrogens with two attached hydrogens (primary N) is 1. The van der Waals surface area contributed by atoms with E-state index in [1.807, 2.05) is 6.92 Å². The van der Waals surface area contributed by atoms with Crippen LogP contribution in [0.2, 0.25) is 0 Å². The lowest BCUT2D eigenvalue weighted by molar-refractivity contribution is -0.131. The van der Waals surface area contributed by atoms with Crippen LogP contribution in [0.1, 0.15) is 39.5 Å². The quantitative estimate of drug-likeness (QED) is 0.746. The second kappa shape index (κ2) is 4.89. The molecule has 3 heteroatoms. The second-order valence-corrected chi connectivity index (χ2v) is 4.32. The molecule has 0 spiro atoms. The Morgan fingerprint density at radius 2 is 2.07 bits per heavy atom. The van der Waals surface area contributed by atoms with E-state index in [2.05, 4.69) is 6.92 Å². The van der Waals surface area contributed by atoms with Crippen molar-refractivity contribution in [2.75, 3.05) is 13.2 Å². The van der Waals surface area contributed by atoms with E-state index in [0.29, 0.717) is 26.1 Å². The van der Waals surface area contributed by atoms with E-state index in [1.165, 1.54) is 0 Å². The van der Waals surface area contributed by atoms with E-state index in [1.54, 1.807) is 0 Å². The first kappa shape index (κ1) is 11.7. The van der Waals surface area contributed by atoms with E-state index >= 15 is 0 Å². The summed E-state index contributed by atoms with van der Waals surface area (Å²) >= 11 is 0. The fraction of sp³-hybridized carbons (Fsp3) is 0.909. The van der Waals surface area contributed by atoms with Crippen LogP contribution in [0.15, 0.2) is 0 Å². The molecule has 1 rings (SSSR count). The van der Waals surface area contributed by atoms with Crippen LogP contribution in [-0.2, 0) is 9.53 Å². The minimum absolute atomic E-state index is 0.100. The number of hydrogen-bond acceptors (Lipinski definition) is 3. The molecule has 1 unspecified atom stereocenters. The molecule has 1 atom stereocenters. The largest absolute Gasteiger partial charge is 0.381 e. The summed E-state index contributed by atoms with van der Waals surface area (Å²) in [5.41, 5.74) is 5.50. The molecular weight excluding hydrogens is 178 g/mol. The van der Waals surface area contributed by atoms with Crippen LogP contribution in [0, 0.1) is 5.92 Å². The smallest absolute Gasteiger partial charge is 0.155 e. The second-order valence-electron chi connectivity index (χ2n) is 4.32. The Kier molecular flexibility index (Phi) is 4.08. The molecular formula is C11H21NO2. The standard InChI is InChI=1S/C11H21NO2/c1-3-4-9(2)10(13)11(12)5-7-14-8-6-11/h9H,3-8,12H2,1-2H3. The van der Waals surface area contributed by atoms with Gasteiger partial charge >= 0.3 is 0 Å². The Bertz CT molecular complexity index is 197. The van der Waals surface area contributed by atoms with E-state index in [0.717, 1.165) is 12.8 Å². The Morgan fingerprint density at radius 1 is 1.50 bits per heavy atom. The fourth-order valence-electron chi connectivity index (χ4n) is 2.04. The van der Waals surface area contributed by atoms with Gasteiger partial charge in [0.05, 0.1) is 5.54 Å². The number of hydrogen-bond donors (Lipinski definition) is 1. The Labute approximate surface area is 86.0 Å². The summed E-state index contributed by atoms with van der Waals surface area (Å²) in [6.07, 6.45) is 3.35. The van der Waals surface area contributed by atoms with Gasteiger partial charge in [0.15, 0.2) is 5.78 Å². The van der Waals surface area contributed by atoms with E-state index in [4.69, 9.17) is 10.5 Å². The first-order chi connectivity index (χ1) is 6.60. The zero-order valence-corrected chi connectivity index (χ0v) is 9.21. The van der Waals surface area contributed by atoms with E-state index < -0.39 is 5.54 Å². The summed E-state index contributed by atoms with van der Waals surface area (Å²) in [5.74, 6) is 0.325. The van der Waals surface area contributed by atoms with Crippen LogP contribution < -0.4 is 5.73 Å². The maximum Gasteiger partial charge on any atom is 0.155 e. The molecule has 2 N–H and O–H groups in total. The van der Waals surface area contributed by atoms with Crippen molar-refractivity contribution in [3.8, 4) is 0 Å². The minimum Gasteiger partial charge on any atom is -0.381 e. The molecule has 0 aromatic rings. The van der Waals surface area contributed by atoms with Gasteiger partial charge in [-0.15, -0.1) is 0 Å². The molecule has 1 aliphatic rings. The van der Waals surface area contributed by atoms with Gasteiger partial charge in [-0.05, 0) is 19.3 Å². The molecule has 1 aliphatic heterocycles. The van der Waals surface area contributed by atoms with Gasteiger partial charge in [-0.2, -0.15) is 0 Å². The van der Waals surface area contributed by atoms with E-state index in [9.17, 15) is 4.79 Å². The maximum absolute atomic E-state index is 12.0. The topological polar surface area (TPSA) is 52.3 Å². The molecule has 1 saturated heterocycles. The van der Waals surface area contributed by atoms with Crippen molar-refractivity contribution in [1.82, 2.24) is 0 Å². The summed E-state index contributed by atoms with van der Waals surface area (Å²) in [5, 5.41) is 0. The highest BCUT2D eigenvalue weighted by molar-refractivity contribution is 5.90. The van der Waals surface area contributed by atoms with Gasteiger partial charge in [0.25, 0.3) is 0 Å². The van der Waals surface area contributed by atoms with Crippen LogP contribution in [-0.4, -0.2) is 24.5 Å². The molecule has 0 aliphatic carbocycles. The lowest BCUT2D eigenvalue weighted by Gasteiger charge is -2.33. The Hall–Kier alpha value is -0.410. The maximum atomic E-state index is 12.0. The van der Waals surface area contributed by atoms with E-state index in [-0.39, 0.29) is 11.7 Å². The normalized spacial score (nSPS) is 23.1. The van der Waals surface area contributed by atoms with Crippen molar-refractivity contribution in [2.45, 2.75) is 45.1 Å². The predicted molar refractivity (Wildman–Crippen MR) is 56.1 cm³/mol. The molecule has 0 bridgehead atoms. The highest BCUT2D eigenvalue weighted by Crippen LogP contribution is 2.24. The lowest BCUT2D eigenvalue weighted by Crippen LogP contribution is -2.53. The number of carbonyl (C=O) groups is 1. The number of Topliss-reactive ketones (excluding diaryl/α,β-unsaturated/α-hetero) is 1. The Morgan fingerprint density at radius 3 is 2.57 bits per heavy atom. The Balaban J connectivity index is 2.56. The molecule has 1 heterocycles. The number of ketones is 1. The van der Waals surface area contributed by atoms with Gasteiger partial charge in [0, 0.05) is 19.1 Å². The zero-order valence-electron chi connectivity index (χ0n) is 9.21. The molecule has 0 amide bonds. The van der Waals surface area contributed by atoms with Crippen molar-refractivity contribution < 1.29 is 9.53 Å². The molecule has 82 valence electrons. The first-order valence-electron chi connectivity index (χ1n) is 5.51. The summed E-state index contributed by atoms with van der Waals surface area (Å²) in [7, 11) is 0.